The fourth-order valence-electron chi connectivity index (χ4n) is 2.30. The van der Waals surface area contributed by atoms with Crippen molar-refractivity contribution in [3.63, 3.8) is 0 Å². The van der Waals surface area contributed by atoms with Crippen molar-refractivity contribution in [3.05, 3.63) is 81.8 Å². The van der Waals surface area contributed by atoms with Crippen molar-refractivity contribution >= 4 is 29.2 Å². The van der Waals surface area contributed by atoms with Crippen LogP contribution in [-0.2, 0) is 6.54 Å². The Hall–Kier alpha value is -3.33. The monoisotopic (exact) mass is 408 g/mol. The predicted molar refractivity (Wildman–Crippen MR) is 95.5 cm³/mol. The number of nitrogens with one attached hydrogen (secondary N) is 3. The zero-order chi connectivity index (χ0) is 20.3. The number of carbonyl (C=O) groups excluding carboxylic acids is 2. The van der Waals surface area contributed by atoms with Crippen LogP contribution >= 0.6 is 11.6 Å². The van der Waals surface area contributed by atoms with Crippen LogP contribution < -0.4 is 10.6 Å². The van der Waals surface area contributed by atoms with Crippen molar-refractivity contribution in [2.75, 3.05) is 5.32 Å². The molecule has 0 unspecified atom stereocenters. The van der Waals surface area contributed by atoms with E-state index in [1.54, 1.807) is 6.07 Å². The highest BCUT2D eigenvalue weighted by molar-refractivity contribution is 6.34. The molecule has 3 aromatic rings. The van der Waals surface area contributed by atoms with Gasteiger partial charge in [-0.3, -0.25) is 14.7 Å². The van der Waals surface area contributed by atoms with Gasteiger partial charge < -0.3 is 10.6 Å². The lowest BCUT2D eigenvalue weighted by molar-refractivity contribution is 0.0944. The smallest absolute Gasteiger partial charge is 0.272 e. The van der Waals surface area contributed by atoms with Crippen LogP contribution in [-0.4, -0.2) is 22.0 Å². The molecular weight excluding hydrogens is 397 g/mol. The van der Waals surface area contributed by atoms with Gasteiger partial charge in [0.25, 0.3) is 11.8 Å². The zero-order valence-corrected chi connectivity index (χ0v) is 14.8. The molecule has 2 aromatic carbocycles. The van der Waals surface area contributed by atoms with Gasteiger partial charge in [-0.2, -0.15) is 5.10 Å². The van der Waals surface area contributed by atoms with E-state index in [9.17, 15) is 22.8 Å². The van der Waals surface area contributed by atoms with E-state index in [1.165, 1.54) is 24.3 Å². The second kappa shape index (κ2) is 8.13. The summed E-state index contributed by atoms with van der Waals surface area (Å²) in [4.78, 5) is 24.2. The van der Waals surface area contributed by atoms with Crippen molar-refractivity contribution in [3.8, 4) is 0 Å². The van der Waals surface area contributed by atoms with Crippen LogP contribution in [0.2, 0.25) is 5.02 Å². The number of nitrogens with zero attached hydrogens (tertiary/aromatic N) is 1. The van der Waals surface area contributed by atoms with Crippen molar-refractivity contribution in [2.24, 2.45) is 0 Å². The second-order valence-corrected chi connectivity index (χ2v) is 6.05. The lowest BCUT2D eigenvalue weighted by Gasteiger charge is -2.05. The Kier molecular flexibility index (Phi) is 5.65. The Morgan fingerprint density at radius 1 is 1.00 bits per heavy atom. The molecule has 0 saturated heterocycles. The third kappa shape index (κ3) is 4.32. The van der Waals surface area contributed by atoms with Crippen LogP contribution in [0.3, 0.4) is 0 Å². The first kappa shape index (κ1) is 19.4. The van der Waals surface area contributed by atoms with Crippen LogP contribution in [0.15, 0.2) is 42.5 Å². The number of rotatable bonds is 5. The van der Waals surface area contributed by atoms with Crippen molar-refractivity contribution < 1.29 is 22.8 Å². The summed E-state index contributed by atoms with van der Waals surface area (Å²) in [6.45, 7) is -0.0511. The van der Waals surface area contributed by atoms with Crippen LogP contribution in [0.5, 0.6) is 0 Å². The van der Waals surface area contributed by atoms with Gasteiger partial charge in [-0.15, -0.1) is 0 Å². The second-order valence-electron chi connectivity index (χ2n) is 5.64. The summed E-state index contributed by atoms with van der Waals surface area (Å²) in [6, 6.07) is 8.53. The van der Waals surface area contributed by atoms with Crippen LogP contribution in [0.4, 0.5) is 19.0 Å². The molecule has 2 amide bonds. The maximum Gasteiger partial charge on any atom is 0.272 e. The highest BCUT2D eigenvalue weighted by Crippen LogP contribution is 2.21. The normalized spacial score (nSPS) is 10.6. The zero-order valence-electron chi connectivity index (χ0n) is 14.0. The van der Waals surface area contributed by atoms with E-state index in [4.69, 9.17) is 11.6 Å². The minimum absolute atomic E-state index is 0.0295. The number of benzene rings is 2. The molecule has 0 spiro atoms. The standard InChI is InChI=1S/C18H12ClF3N4O2/c19-11-6-14(22)13(21)5-10(11)17(27)24-16-7-15(25-26-16)18(28)23-8-9-3-1-2-4-12(9)20/h1-7H,8H2,(H,23,28)(H2,24,25,26,27). The van der Waals surface area contributed by atoms with Gasteiger partial charge in [-0.05, 0) is 18.2 Å². The average molecular weight is 409 g/mol. The van der Waals surface area contributed by atoms with E-state index in [-0.39, 0.29) is 28.6 Å². The van der Waals surface area contributed by atoms with E-state index >= 15 is 0 Å². The first-order chi connectivity index (χ1) is 13.3. The van der Waals surface area contributed by atoms with E-state index in [0.29, 0.717) is 17.7 Å². The van der Waals surface area contributed by atoms with Crippen LogP contribution in [0, 0.1) is 17.5 Å². The summed E-state index contributed by atoms with van der Waals surface area (Å²) in [6.07, 6.45) is 0. The SMILES string of the molecule is O=C(NCc1ccccc1F)c1cc(NC(=O)c2cc(F)c(F)cc2Cl)[nH]n1. The summed E-state index contributed by atoms with van der Waals surface area (Å²) in [5, 5.41) is 10.7. The number of halogens is 4. The number of anilines is 1. The third-order valence-electron chi connectivity index (χ3n) is 3.71. The number of carbonyl (C=O) groups is 2. The molecule has 0 bridgehead atoms. The van der Waals surface area contributed by atoms with Crippen LogP contribution in [0.25, 0.3) is 0 Å². The van der Waals surface area contributed by atoms with Gasteiger partial charge >= 0.3 is 0 Å². The molecule has 0 aliphatic rings. The molecule has 1 heterocycles. The fraction of sp³-hybridized carbons (Fsp3) is 0.0556. The predicted octanol–water partition coefficient (Wildman–Crippen LogP) is 3.66. The lowest BCUT2D eigenvalue weighted by Crippen LogP contribution is -2.23. The summed E-state index contributed by atoms with van der Waals surface area (Å²) >= 11 is 5.74. The summed E-state index contributed by atoms with van der Waals surface area (Å²) < 4.78 is 40.0. The van der Waals surface area contributed by atoms with E-state index < -0.39 is 29.3 Å². The van der Waals surface area contributed by atoms with Crippen molar-refractivity contribution in [2.45, 2.75) is 6.54 Å². The molecule has 1 aromatic heterocycles. The topological polar surface area (TPSA) is 86.9 Å². The maximum absolute atomic E-state index is 13.6. The van der Waals surface area contributed by atoms with Gasteiger partial charge in [0.2, 0.25) is 0 Å². The van der Waals surface area contributed by atoms with Gasteiger partial charge in [0, 0.05) is 18.2 Å². The molecular formula is C18H12ClF3N4O2. The number of aromatic amines is 1. The molecule has 0 aliphatic carbocycles. The third-order valence-corrected chi connectivity index (χ3v) is 4.02. The van der Waals surface area contributed by atoms with Gasteiger partial charge in [0.05, 0.1) is 10.6 Å². The van der Waals surface area contributed by atoms with Gasteiger partial charge in [0.1, 0.15) is 11.6 Å². The quantitative estimate of drug-likeness (QED) is 0.563. The molecule has 0 saturated carbocycles. The fourth-order valence-corrected chi connectivity index (χ4v) is 2.53. The van der Waals surface area contributed by atoms with Crippen molar-refractivity contribution in [1.29, 1.82) is 0 Å². The Morgan fingerprint density at radius 3 is 2.46 bits per heavy atom. The minimum Gasteiger partial charge on any atom is -0.346 e. The Bertz CT molecular complexity index is 1060. The molecule has 3 rings (SSSR count). The largest absolute Gasteiger partial charge is 0.346 e. The first-order valence-corrected chi connectivity index (χ1v) is 8.26. The molecule has 144 valence electrons. The first-order valence-electron chi connectivity index (χ1n) is 7.88. The lowest BCUT2D eigenvalue weighted by atomic mass is 10.2. The maximum atomic E-state index is 13.6. The van der Waals surface area contributed by atoms with Crippen molar-refractivity contribution in [1.82, 2.24) is 15.5 Å². The molecule has 10 heteroatoms. The molecule has 0 aliphatic heterocycles. The van der Waals surface area contributed by atoms with E-state index in [0.717, 1.165) is 0 Å². The van der Waals surface area contributed by atoms with Gasteiger partial charge in [-0.25, -0.2) is 13.2 Å². The number of H-pyrrole nitrogens is 1. The number of hydrogen-bond acceptors (Lipinski definition) is 3. The van der Waals surface area contributed by atoms with E-state index in [1.807, 2.05) is 0 Å². The summed E-state index contributed by atoms with van der Waals surface area (Å²) in [5.41, 5.74) is -0.0587. The number of hydrogen-bond donors (Lipinski definition) is 3. The molecule has 3 N–H and O–H groups in total. The number of amides is 2. The van der Waals surface area contributed by atoms with Gasteiger partial charge in [-0.1, -0.05) is 29.8 Å². The average Bonchev–Trinajstić information content (AvgIpc) is 3.12. The minimum atomic E-state index is -1.23. The molecule has 0 fully saturated rings. The molecule has 28 heavy (non-hydrogen) atoms. The Balaban J connectivity index is 1.65. The Labute approximate surface area is 161 Å². The molecule has 0 atom stereocenters. The van der Waals surface area contributed by atoms with Gasteiger partial charge in [0.15, 0.2) is 17.3 Å². The highest BCUT2D eigenvalue weighted by atomic mass is 35.5. The summed E-state index contributed by atoms with van der Waals surface area (Å²) in [7, 11) is 0. The summed E-state index contributed by atoms with van der Waals surface area (Å²) in [5.74, 6) is -4.27. The Morgan fingerprint density at radius 2 is 1.71 bits per heavy atom. The molecule has 0 radical (unpaired) electrons. The number of aromatic nitrogens is 2. The van der Waals surface area contributed by atoms with E-state index in [2.05, 4.69) is 20.8 Å². The molecule has 6 nitrogen and oxygen atoms in total. The van der Waals surface area contributed by atoms with Crippen LogP contribution in [0.1, 0.15) is 26.4 Å². The highest BCUT2D eigenvalue weighted by Gasteiger charge is 2.17.